The molecule has 0 bridgehead atoms. The number of hydrogen-bond acceptors (Lipinski definition) is 3. The van der Waals surface area contributed by atoms with Crippen molar-refractivity contribution in [2.45, 2.75) is 59.0 Å². The van der Waals surface area contributed by atoms with Crippen LogP contribution in [0.2, 0.25) is 0 Å². The van der Waals surface area contributed by atoms with Crippen LogP contribution in [-0.4, -0.2) is 48.4 Å². The van der Waals surface area contributed by atoms with Crippen molar-refractivity contribution in [2.24, 2.45) is 0 Å². The van der Waals surface area contributed by atoms with E-state index in [9.17, 15) is 9.59 Å². The van der Waals surface area contributed by atoms with Gasteiger partial charge < -0.3 is 15.1 Å². The number of carbonyl (C=O) groups excluding carboxylic acids is 2. The minimum absolute atomic E-state index is 0.0921. The predicted octanol–water partition coefficient (Wildman–Crippen LogP) is 3.05. The first-order valence-corrected chi connectivity index (χ1v) is 9.42. The molecule has 0 spiro atoms. The Labute approximate surface area is 151 Å². The zero-order valence-electron chi connectivity index (χ0n) is 15.9. The van der Waals surface area contributed by atoms with Gasteiger partial charge in [0.2, 0.25) is 5.91 Å². The summed E-state index contributed by atoms with van der Waals surface area (Å²) < 4.78 is 0. The Morgan fingerprint density at radius 3 is 2.40 bits per heavy atom. The van der Waals surface area contributed by atoms with Gasteiger partial charge in [0.25, 0.3) is 5.91 Å². The zero-order chi connectivity index (χ0) is 18.4. The molecule has 2 amide bonds. The molecule has 0 atom stereocenters. The van der Waals surface area contributed by atoms with Crippen LogP contribution >= 0.6 is 0 Å². The van der Waals surface area contributed by atoms with Crippen LogP contribution in [0.5, 0.6) is 0 Å². The van der Waals surface area contributed by atoms with Crippen molar-refractivity contribution < 1.29 is 9.59 Å². The van der Waals surface area contributed by atoms with Gasteiger partial charge in [-0.2, -0.15) is 0 Å². The van der Waals surface area contributed by atoms with Crippen LogP contribution in [0.3, 0.4) is 0 Å². The molecule has 2 rings (SSSR count). The van der Waals surface area contributed by atoms with Gasteiger partial charge in [-0.05, 0) is 45.7 Å². The first kappa shape index (κ1) is 19.3. The Balaban J connectivity index is 2.11. The van der Waals surface area contributed by atoms with Crippen LogP contribution in [0.25, 0.3) is 0 Å². The number of piperidine rings is 1. The van der Waals surface area contributed by atoms with Crippen molar-refractivity contribution in [3.05, 3.63) is 29.8 Å². The van der Waals surface area contributed by atoms with Crippen molar-refractivity contribution >= 4 is 17.5 Å². The predicted molar refractivity (Wildman–Crippen MR) is 102 cm³/mol. The number of hydrogen-bond donors (Lipinski definition) is 1. The second-order valence-electron chi connectivity index (χ2n) is 6.88. The summed E-state index contributed by atoms with van der Waals surface area (Å²) in [6, 6.07) is 8.30. The zero-order valence-corrected chi connectivity index (χ0v) is 15.9. The van der Waals surface area contributed by atoms with Crippen molar-refractivity contribution in [3.8, 4) is 0 Å². The summed E-state index contributed by atoms with van der Waals surface area (Å²) in [5.41, 5.74) is 1.78. The fourth-order valence-electron chi connectivity index (χ4n) is 3.42. The molecule has 1 heterocycles. The highest BCUT2D eigenvalue weighted by Crippen LogP contribution is 2.26. The Kier molecular flexibility index (Phi) is 6.85. The van der Waals surface area contributed by atoms with Gasteiger partial charge in [0.15, 0.2) is 0 Å². The molecule has 0 aromatic heterocycles. The first-order chi connectivity index (χ1) is 12.0. The molecule has 1 aromatic carbocycles. The molecule has 0 aliphatic carbocycles. The average Bonchev–Trinajstić information content (AvgIpc) is 2.62. The summed E-state index contributed by atoms with van der Waals surface area (Å²) in [7, 11) is 0. The summed E-state index contributed by atoms with van der Waals surface area (Å²) >= 11 is 0. The van der Waals surface area contributed by atoms with Crippen molar-refractivity contribution in [1.82, 2.24) is 10.2 Å². The fraction of sp³-hybridized carbons (Fsp3) is 0.600. The van der Waals surface area contributed by atoms with Gasteiger partial charge in [-0.1, -0.05) is 19.1 Å². The van der Waals surface area contributed by atoms with Crippen LogP contribution in [0.1, 0.15) is 57.3 Å². The number of rotatable bonds is 6. The Bertz CT molecular complexity index is 592. The smallest absolute Gasteiger partial charge is 0.256 e. The molecule has 5 heteroatoms. The van der Waals surface area contributed by atoms with Gasteiger partial charge >= 0.3 is 0 Å². The molecule has 138 valence electrons. The fourth-order valence-corrected chi connectivity index (χ4v) is 3.42. The minimum Gasteiger partial charge on any atom is -0.371 e. The normalized spacial score (nSPS) is 15.3. The SMILES string of the molecule is CCC(=O)NC1CCN(c2ccccc2C(=O)N(CC)C(C)C)CC1. The van der Waals surface area contributed by atoms with E-state index in [2.05, 4.69) is 10.2 Å². The maximum Gasteiger partial charge on any atom is 0.256 e. The molecule has 1 N–H and O–H groups in total. The third kappa shape index (κ3) is 4.74. The number of benzene rings is 1. The number of para-hydroxylation sites is 1. The molecule has 0 unspecified atom stereocenters. The number of nitrogens with one attached hydrogen (secondary N) is 1. The molecule has 1 aliphatic heterocycles. The van der Waals surface area contributed by atoms with Gasteiger partial charge in [-0.3, -0.25) is 9.59 Å². The molecular formula is C20H31N3O2. The van der Waals surface area contributed by atoms with Crippen molar-refractivity contribution in [2.75, 3.05) is 24.5 Å². The Morgan fingerprint density at radius 2 is 1.84 bits per heavy atom. The molecule has 1 saturated heterocycles. The third-order valence-electron chi connectivity index (χ3n) is 4.88. The molecule has 5 nitrogen and oxygen atoms in total. The van der Waals surface area contributed by atoms with Crippen LogP contribution in [0, 0.1) is 0 Å². The van der Waals surface area contributed by atoms with E-state index in [4.69, 9.17) is 0 Å². The van der Waals surface area contributed by atoms with E-state index in [0.717, 1.165) is 37.2 Å². The Hall–Kier alpha value is -2.04. The van der Waals surface area contributed by atoms with Crippen molar-refractivity contribution in [1.29, 1.82) is 0 Å². The highest BCUT2D eigenvalue weighted by Gasteiger charge is 2.25. The molecule has 1 aromatic rings. The second kappa shape index (κ2) is 8.88. The molecule has 0 radical (unpaired) electrons. The lowest BCUT2D eigenvalue weighted by molar-refractivity contribution is -0.121. The van der Waals surface area contributed by atoms with Gasteiger partial charge in [-0.15, -0.1) is 0 Å². The van der Waals surface area contributed by atoms with E-state index < -0.39 is 0 Å². The number of anilines is 1. The van der Waals surface area contributed by atoms with Gasteiger partial charge in [0, 0.05) is 43.8 Å². The van der Waals surface area contributed by atoms with Crippen LogP contribution in [0.4, 0.5) is 5.69 Å². The summed E-state index contributed by atoms with van der Waals surface area (Å²) in [4.78, 5) is 28.7. The third-order valence-corrected chi connectivity index (χ3v) is 4.88. The summed E-state index contributed by atoms with van der Waals surface area (Å²) in [5.74, 6) is 0.207. The lowest BCUT2D eigenvalue weighted by Gasteiger charge is -2.35. The van der Waals surface area contributed by atoms with Crippen LogP contribution in [0.15, 0.2) is 24.3 Å². The monoisotopic (exact) mass is 345 g/mol. The average molecular weight is 345 g/mol. The van der Waals surface area contributed by atoms with Crippen molar-refractivity contribution in [3.63, 3.8) is 0 Å². The Morgan fingerprint density at radius 1 is 1.20 bits per heavy atom. The topological polar surface area (TPSA) is 52.7 Å². The summed E-state index contributed by atoms with van der Waals surface area (Å²) in [6.45, 7) is 10.4. The van der Waals surface area contributed by atoms with Gasteiger partial charge in [0.1, 0.15) is 0 Å². The van der Waals surface area contributed by atoms with E-state index in [1.54, 1.807) is 0 Å². The van der Waals surface area contributed by atoms with E-state index in [1.165, 1.54) is 0 Å². The molecule has 25 heavy (non-hydrogen) atoms. The largest absolute Gasteiger partial charge is 0.371 e. The quantitative estimate of drug-likeness (QED) is 0.862. The summed E-state index contributed by atoms with van der Waals surface area (Å²) in [6.07, 6.45) is 2.35. The van der Waals surface area contributed by atoms with E-state index >= 15 is 0 Å². The highest BCUT2D eigenvalue weighted by atomic mass is 16.2. The van der Waals surface area contributed by atoms with Crippen LogP contribution < -0.4 is 10.2 Å². The van der Waals surface area contributed by atoms with E-state index in [0.29, 0.717) is 13.0 Å². The maximum atomic E-state index is 13.0. The molecule has 1 aliphatic rings. The van der Waals surface area contributed by atoms with E-state index in [-0.39, 0.29) is 23.9 Å². The lowest BCUT2D eigenvalue weighted by atomic mass is 10.0. The number of carbonyl (C=O) groups is 2. The van der Waals surface area contributed by atoms with Gasteiger partial charge in [-0.25, -0.2) is 0 Å². The molecule has 0 saturated carbocycles. The summed E-state index contributed by atoms with van der Waals surface area (Å²) in [5, 5.41) is 3.08. The van der Waals surface area contributed by atoms with E-state index in [1.807, 2.05) is 56.9 Å². The maximum absolute atomic E-state index is 13.0. The molecule has 1 fully saturated rings. The minimum atomic E-state index is 0.0921. The number of amides is 2. The first-order valence-electron chi connectivity index (χ1n) is 9.42. The number of nitrogens with zero attached hydrogens (tertiary/aromatic N) is 2. The molecular weight excluding hydrogens is 314 g/mol. The highest BCUT2D eigenvalue weighted by molar-refractivity contribution is 6.00. The standard InChI is InChI=1S/C20H31N3O2/c1-5-19(24)21-16-11-13-22(14-12-16)18-10-8-7-9-17(18)20(25)23(6-2)15(3)4/h7-10,15-16H,5-6,11-14H2,1-4H3,(H,21,24). The van der Waals surface area contributed by atoms with Crippen LogP contribution in [-0.2, 0) is 4.79 Å². The van der Waals surface area contributed by atoms with Gasteiger partial charge in [0.05, 0.1) is 5.56 Å². The lowest BCUT2D eigenvalue weighted by Crippen LogP contribution is -2.45. The second-order valence-corrected chi connectivity index (χ2v) is 6.88.